The molecule has 0 aromatic heterocycles. The van der Waals surface area contributed by atoms with E-state index in [-0.39, 0.29) is 75.3 Å². The monoisotopic (exact) mass is 1700 g/mol. The second-order valence-corrected chi connectivity index (χ2v) is 32.4. The Bertz CT molecular complexity index is 4600. The fourth-order valence-corrected chi connectivity index (χ4v) is 12.3. The van der Waals surface area contributed by atoms with Crippen LogP contribution in [0.2, 0.25) is 0 Å². The summed E-state index contributed by atoms with van der Waals surface area (Å²) in [6.07, 6.45) is 2.28. The molecule has 121 heavy (non-hydrogen) atoms. The van der Waals surface area contributed by atoms with Crippen molar-refractivity contribution in [2.24, 2.45) is 0 Å². The van der Waals surface area contributed by atoms with Gasteiger partial charge in [-0.05, 0) is 224 Å². The maximum Gasteiger partial charge on any atom is 0.127 e. The average Bonchev–Trinajstić information content (AvgIpc) is 0.806. The Hall–Kier alpha value is -10.2. The Labute approximate surface area is 768 Å². The van der Waals surface area contributed by atoms with E-state index in [1.54, 1.807) is 11.8 Å². The van der Waals surface area contributed by atoms with Crippen molar-refractivity contribution in [2.75, 3.05) is 0 Å². The molecule has 1 radical (unpaired) electrons. The molecule has 0 saturated heterocycles. The van der Waals surface area contributed by atoms with Crippen molar-refractivity contribution in [3.05, 3.63) is 482 Å². The van der Waals surface area contributed by atoms with Gasteiger partial charge in [0.2, 0.25) is 0 Å². The molecular formula is C118H147OSY-. The van der Waals surface area contributed by atoms with Crippen molar-refractivity contribution in [2.45, 2.75) is 210 Å². The van der Waals surface area contributed by atoms with Crippen LogP contribution in [-0.2, 0) is 44.5 Å². The summed E-state index contributed by atoms with van der Waals surface area (Å²) in [5.41, 5.74) is 31.8. The van der Waals surface area contributed by atoms with Crippen LogP contribution in [0.3, 0.4) is 0 Å². The van der Waals surface area contributed by atoms with Crippen LogP contribution in [0.15, 0.2) is 362 Å². The molecule has 15 rings (SSSR count). The van der Waals surface area contributed by atoms with Gasteiger partial charge in [0.25, 0.3) is 0 Å². The summed E-state index contributed by atoms with van der Waals surface area (Å²) in [6, 6.07) is 124. The molecule has 0 N–H and O–H groups in total. The van der Waals surface area contributed by atoms with E-state index in [4.69, 9.17) is 4.74 Å². The standard InChI is InChI=1S/C17H20.C15H16.C14H14O.C14H14S.C14H14.C12H12.3C8H10.C3H8.4CH4.CH3.Y/c1-13-5-9-15(10-6-13)17(3,4)16-11-7-14(2)8-12-16;1-12-3-7-14(8-4-12)11-15-9-5-13(2)6-10-15;2*1-11-3-7-13(8-4-11)15-14-9-5-12(2)6-10-14;1-11-3-7-13(8-4-11)14-9-5-12(2)6-10-14;1-9-3-5-12-8-10(2)4-6-11(12)7-9;2*1-7-3-5-8(2)6-4-7;1-7-4-3-5-8(2)6-7;1-3-2;;;;;;/h5-12H,1-4H3;3-10H,11H2,1-2H3;2*3-10H,1-2H3;3-10H,1-2H3;3-8H,1-2H3;3*3-6H,1-2H3;3H2,1-2H3;4*1H4;1H3;/q;;;;;;;;;;;;;;-1;. The van der Waals surface area contributed by atoms with Crippen LogP contribution < -0.4 is 4.74 Å². The maximum atomic E-state index is 5.69. The SMILES string of the molecule is C.C.C.C.CCC.Cc1ccc(-c2ccc(C)cc2)cc1.Cc1ccc(C(C)(C)c2ccc(C)cc2)cc1.Cc1ccc(C)cc1.Cc1ccc(C)cc1.Cc1ccc(Cc2ccc(C)cc2)cc1.Cc1ccc(Oc2ccc(C)cc2)cc1.Cc1ccc(Sc2ccc(C)cc2)cc1.Cc1ccc2cc(C)ccc2c1.Cc1cccc(C)c1.[CH3-].[Y]. The molecule has 0 spiro atoms. The molecule has 0 aliphatic heterocycles. The fraction of sp³-hybridized carbons (Fsp3) is 0.246. The molecule has 15 aromatic carbocycles. The maximum absolute atomic E-state index is 5.69. The van der Waals surface area contributed by atoms with E-state index in [1.165, 1.54) is 161 Å². The molecule has 0 aliphatic carbocycles. The molecule has 1 nitrogen and oxygen atoms in total. The number of benzene rings is 15. The van der Waals surface area contributed by atoms with E-state index in [0.717, 1.165) is 17.9 Å². The van der Waals surface area contributed by atoms with Gasteiger partial charge in [-0.1, -0.05) is 479 Å². The zero-order chi connectivity index (χ0) is 83.7. The molecule has 0 atom stereocenters. The van der Waals surface area contributed by atoms with Gasteiger partial charge in [0.1, 0.15) is 11.5 Å². The fourth-order valence-electron chi connectivity index (χ4n) is 11.5. The minimum Gasteiger partial charge on any atom is -0.457 e. The summed E-state index contributed by atoms with van der Waals surface area (Å²) in [4.78, 5) is 2.59. The third-order valence-electron chi connectivity index (χ3n) is 18.9. The van der Waals surface area contributed by atoms with Crippen LogP contribution in [0.1, 0.15) is 186 Å². The number of ether oxygens (including phenoxy) is 1. The molecule has 0 bridgehead atoms. The van der Waals surface area contributed by atoms with Gasteiger partial charge in [0.15, 0.2) is 0 Å². The topological polar surface area (TPSA) is 9.23 Å². The van der Waals surface area contributed by atoms with Gasteiger partial charge in [-0.25, -0.2) is 0 Å². The smallest absolute Gasteiger partial charge is 0.127 e. The van der Waals surface area contributed by atoms with Crippen LogP contribution in [0.4, 0.5) is 0 Å². The Morgan fingerprint density at radius 3 is 0.653 bits per heavy atom. The Morgan fingerprint density at radius 2 is 0.421 bits per heavy atom. The Morgan fingerprint density at radius 1 is 0.231 bits per heavy atom. The van der Waals surface area contributed by atoms with Crippen molar-refractivity contribution in [1.82, 2.24) is 0 Å². The summed E-state index contributed by atoms with van der Waals surface area (Å²) in [5, 5.41) is 2.67. The van der Waals surface area contributed by atoms with Crippen LogP contribution >= 0.6 is 11.8 Å². The normalized spacial score (nSPS) is 9.60. The van der Waals surface area contributed by atoms with Crippen molar-refractivity contribution >= 4 is 22.5 Å². The molecule has 0 fully saturated rings. The summed E-state index contributed by atoms with van der Waals surface area (Å²) in [5.74, 6) is 1.76. The molecule has 0 aliphatic rings. The van der Waals surface area contributed by atoms with Crippen molar-refractivity contribution in [3.63, 3.8) is 0 Å². The van der Waals surface area contributed by atoms with E-state index in [9.17, 15) is 0 Å². The first-order valence-electron chi connectivity index (χ1n) is 40.6. The molecule has 0 unspecified atom stereocenters. The third-order valence-corrected chi connectivity index (χ3v) is 20.0. The van der Waals surface area contributed by atoms with E-state index in [1.807, 2.05) is 48.5 Å². The molecular weight excluding hydrogens is 1550 g/mol. The number of rotatable bonds is 9. The van der Waals surface area contributed by atoms with Crippen molar-refractivity contribution < 1.29 is 37.4 Å². The third kappa shape index (κ3) is 44.3. The first-order chi connectivity index (χ1) is 55.0. The van der Waals surface area contributed by atoms with Crippen LogP contribution in [0, 0.1) is 132 Å². The zero-order valence-electron chi connectivity index (χ0n) is 74.8. The predicted molar refractivity (Wildman–Crippen MR) is 540 cm³/mol. The van der Waals surface area contributed by atoms with Gasteiger partial charge in [-0.2, -0.15) is 0 Å². The molecule has 3 heteroatoms. The predicted octanol–water partition coefficient (Wildman–Crippen LogP) is 35.8. The molecule has 0 saturated carbocycles. The van der Waals surface area contributed by atoms with Gasteiger partial charge in [-0.3, -0.25) is 0 Å². The second kappa shape index (κ2) is 59.5. The van der Waals surface area contributed by atoms with Crippen molar-refractivity contribution in [3.8, 4) is 22.6 Å². The van der Waals surface area contributed by atoms with Gasteiger partial charge >= 0.3 is 0 Å². The number of hydrogen-bond acceptors (Lipinski definition) is 2. The molecule has 635 valence electrons. The van der Waals surface area contributed by atoms with Crippen LogP contribution in [0.5, 0.6) is 11.5 Å². The van der Waals surface area contributed by atoms with E-state index >= 15 is 0 Å². The minimum absolute atomic E-state index is 0. The van der Waals surface area contributed by atoms with Gasteiger partial charge in [-0.15, -0.1) is 0 Å². The number of fused-ring (bicyclic) bond motifs is 1. The largest absolute Gasteiger partial charge is 0.457 e. The van der Waals surface area contributed by atoms with E-state index in [2.05, 4.69) is 456 Å². The first kappa shape index (κ1) is 111. The molecule has 0 heterocycles. The molecule has 0 amide bonds. The minimum atomic E-state index is 0. The number of hydrogen-bond donors (Lipinski definition) is 0. The van der Waals surface area contributed by atoms with Gasteiger partial charge in [0, 0.05) is 47.9 Å². The summed E-state index contributed by atoms with van der Waals surface area (Å²) in [7, 11) is 0. The van der Waals surface area contributed by atoms with Gasteiger partial charge < -0.3 is 12.2 Å². The van der Waals surface area contributed by atoms with E-state index in [0.29, 0.717) is 0 Å². The zero-order valence-corrected chi connectivity index (χ0v) is 78.4. The Kier molecular flexibility index (Phi) is 54.5. The molecule has 15 aromatic rings. The first-order valence-corrected chi connectivity index (χ1v) is 41.4. The summed E-state index contributed by atoms with van der Waals surface area (Å²) >= 11 is 1.80. The summed E-state index contributed by atoms with van der Waals surface area (Å²) in [6.45, 7) is 46.7. The number of aryl methyl sites for hydroxylation is 18. The van der Waals surface area contributed by atoms with E-state index < -0.39 is 0 Å². The van der Waals surface area contributed by atoms with Gasteiger partial charge in [0.05, 0.1) is 0 Å². The van der Waals surface area contributed by atoms with Crippen molar-refractivity contribution in [1.29, 1.82) is 0 Å². The quantitative estimate of drug-likeness (QED) is 0.133. The second-order valence-electron chi connectivity index (χ2n) is 31.2. The van der Waals surface area contributed by atoms with Crippen LogP contribution in [-0.4, -0.2) is 0 Å². The van der Waals surface area contributed by atoms with Crippen LogP contribution in [0.25, 0.3) is 21.9 Å². The summed E-state index contributed by atoms with van der Waals surface area (Å²) < 4.78 is 5.69. The average molecular weight is 1700 g/mol. The Balaban J connectivity index is 0.00000134.